The molecule has 0 spiro atoms. The topological polar surface area (TPSA) is 38.3 Å². The normalized spacial score (nSPS) is 10.2. The second-order valence-electron chi connectivity index (χ2n) is 4.56. The molecule has 0 saturated heterocycles. The van der Waals surface area contributed by atoms with Crippen molar-refractivity contribution in [3.63, 3.8) is 0 Å². The van der Waals surface area contributed by atoms with E-state index in [4.69, 9.17) is 4.74 Å². The van der Waals surface area contributed by atoms with Crippen LogP contribution in [-0.2, 0) is 4.79 Å². The van der Waals surface area contributed by atoms with Gasteiger partial charge in [0.2, 0.25) is 0 Å². The Morgan fingerprint density at radius 3 is 2.30 bits per heavy atom. The zero-order valence-electron chi connectivity index (χ0n) is 11.4. The Balaban J connectivity index is 1.94. The van der Waals surface area contributed by atoms with Gasteiger partial charge >= 0.3 is 0 Å². The van der Waals surface area contributed by atoms with Gasteiger partial charge in [0.05, 0.1) is 0 Å². The van der Waals surface area contributed by atoms with Gasteiger partial charge in [-0.15, -0.1) is 0 Å². The minimum Gasteiger partial charge on any atom is -0.483 e. The lowest BCUT2D eigenvalue weighted by molar-refractivity contribution is -0.118. The Bertz CT molecular complexity index is 588. The van der Waals surface area contributed by atoms with Crippen LogP contribution in [0.1, 0.15) is 11.1 Å². The van der Waals surface area contributed by atoms with Gasteiger partial charge in [-0.1, -0.05) is 34.1 Å². The van der Waals surface area contributed by atoms with Crippen LogP contribution in [0.5, 0.6) is 5.75 Å². The Labute approximate surface area is 127 Å². The fraction of sp³-hybridized carbons (Fsp3) is 0.188. The molecule has 104 valence electrons. The maximum absolute atomic E-state index is 11.8. The Kier molecular flexibility index (Phi) is 4.79. The highest BCUT2D eigenvalue weighted by molar-refractivity contribution is 9.10. The number of nitrogens with one attached hydrogen (secondary N) is 1. The van der Waals surface area contributed by atoms with Gasteiger partial charge in [-0.05, 0) is 49.2 Å². The van der Waals surface area contributed by atoms with Crippen molar-refractivity contribution in [2.75, 3.05) is 11.9 Å². The molecule has 2 aromatic rings. The number of rotatable bonds is 4. The zero-order chi connectivity index (χ0) is 14.5. The SMILES string of the molecule is Cc1cccc(C)c1OCC(=O)Nc1ccc(Br)cc1. The number of halogens is 1. The number of benzene rings is 2. The van der Waals surface area contributed by atoms with E-state index in [1.165, 1.54) is 0 Å². The fourth-order valence-corrected chi connectivity index (χ4v) is 2.16. The van der Waals surface area contributed by atoms with Gasteiger partial charge in [0.1, 0.15) is 5.75 Å². The molecule has 0 heterocycles. The van der Waals surface area contributed by atoms with Crippen LogP contribution < -0.4 is 10.1 Å². The molecule has 0 aliphatic rings. The van der Waals surface area contributed by atoms with Crippen LogP contribution in [-0.4, -0.2) is 12.5 Å². The number of hydrogen-bond acceptors (Lipinski definition) is 2. The molecule has 0 aromatic heterocycles. The molecular formula is C16H16BrNO2. The van der Waals surface area contributed by atoms with Crippen molar-refractivity contribution in [3.8, 4) is 5.75 Å². The molecule has 20 heavy (non-hydrogen) atoms. The summed E-state index contributed by atoms with van der Waals surface area (Å²) in [7, 11) is 0. The van der Waals surface area contributed by atoms with Crippen molar-refractivity contribution < 1.29 is 9.53 Å². The predicted molar refractivity (Wildman–Crippen MR) is 84.2 cm³/mol. The number of carbonyl (C=O) groups excluding carboxylic acids is 1. The molecular weight excluding hydrogens is 318 g/mol. The Morgan fingerprint density at radius 2 is 1.70 bits per heavy atom. The van der Waals surface area contributed by atoms with Gasteiger partial charge in [-0.25, -0.2) is 0 Å². The quantitative estimate of drug-likeness (QED) is 0.915. The first-order chi connectivity index (χ1) is 9.56. The summed E-state index contributed by atoms with van der Waals surface area (Å²) in [5.41, 5.74) is 2.81. The van der Waals surface area contributed by atoms with Crippen LogP contribution in [0.2, 0.25) is 0 Å². The van der Waals surface area contributed by atoms with Crippen molar-refractivity contribution in [1.29, 1.82) is 0 Å². The van der Waals surface area contributed by atoms with Gasteiger partial charge in [0.15, 0.2) is 6.61 Å². The second-order valence-corrected chi connectivity index (χ2v) is 5.48. The van der Waals surface area contributed by atoms with Crippen LogP contribution in [0.4, 0.5) is 5.69 Å². The summed E-state index contributed by atoms with van der Waals surface area (Å²) in [6, 6.07) is 13.3. The van der Waals surface area contributed by atoms with Gasteiger partial charge in [0, 0.05) is 10.2 Å². The lowest BCUT2D eigenvalue weighted by Crippen LogP contribution is -2.20. The van der Waals surface area contributed by atoms with Crippen molar-refractivity contribution in [2.24, 2.45) is 0 Å². The maximum Gasteiger partial charge on any atom is 0.262 e. The fourth-order valence-electron chi connectivity index (χ4n) is 1.89. The molecule has 0 radical (unpaired) electrons. The zero-order valence-corrected chi connectivity index (χ0v) is 13.0. The number of para-hydroxylation sites is 1. The second kappa shape index (κ2) is 6.57. The minimum absolute atomic E-state index is 0.00174. The van der Waals surface area contributed by atoms with Crippen LogP contribution in [0.3, 0.4) is 0 Å². The van der Waals surface area contributed by atoms with E-state index >= 15 is 0 Å². The first kappa shape index (κ1) is 14.6. The van der Waals surface area contributed by atoms with Gasteiger partial charge in [-0.2, -0.15) is 0 Å². The third-order valence-electron chi connectivity index (χ3n) is 2.88. The molecule has 0 atom stereocenters. The third-order valence-corrected chi connectivity index (χ3v) is 3.41. The van der Waals surface area contributed by atoms with Crippen molar-refractivity contribution >= 4 is 27.5 Å². The van der Waals surface area contributed by atoms with Crippen LogP contribution in [0.15, 0.2) is 46.9 Å². The number of amides is 1. The standard InChI is InChI=1S/C16H16BrNO2/c1-11-4-3-5-12(2)16(11)20-10-15(19)18-14-8-6-13(17)7-9-14/h3-9H,10H2,1-2H3,(H,18,19). The molecule has 1 amide bonds. The lowest BCUT2D eigenvalue weighted by Gasteiger charge is -2.12. The summed E-state index contributed by atoms with van der Waals surface area (Å²) in [5, 5.41) is 2.79. The average molecular weight is 334 g/mol. The number of anilines is 1. The molecule has 1 N–H and O–H groups in total. The highest BCUT2D eigenvalue weighted by atomic mass is 79.9. The van der Waals surface area contributed by atoms with Gasteiger partial charge < -0.3 is 10.1 Å². The smallest absolute Gasteiger partial charge is 0.262 e. The number of hydrogen-bond donors (Lipinski definition) is 1. The number of aryl methyl sites for hydroxylation is 2. The molecule has 2 rings (SSSR count). The van der Waals surface area contributed by atoms with E-state index < -0.39 is 0 Å². The first-order valence-electron chi connectivity index (χ1n) is 6.30. The van der Waals surface area contributed by atoms with Crippen molar-refractivity contribution in [3.05, 3.63) is 58.1 Å². The van der Waals surface area contributed by atoms with Crippen LogP contribution in [0, 0.1) is 13.8 Å². The van der Waals surface area contributed by atoms with Gasteiger partial charge in [0.25, 0.3) is 5.91 Å². The third kappa shape index (κ3) is 3.84. The Hall–Kier alpha value is -1.81. The highest BCUT2D eigenvalue weighted by Gasteiger charge is 2.07. The van der Waals surface area contributed by atoms with Crippen LogP contribution in [0.25, 0.3) is 0 Å². The summed E-state index contributed by atoms with van der Waals surface area (Å²) in [4.78, 5) is 11.8. The summed E-state index contributed by atoms with van der Waals surface area (Å²) in [6.07, 6.45) is 0. The summed E-state index contributed by atoms with van der Waals surface area (Å²) < 4.78 is 6.58. The molecule has 0 aliphatic carbocycles. The molecule has 0 saturated carbocycles. The molecule has 3 nitrogen and oxygen atoms in total. The van der Waals surface area contributed by atoms with Gasteiger partial charge in [-0.3, -0.25) is 4.79 Å². The number of carbonyl (C=O) groups is 1. The molecule has 0 aliphatic heterocycles. The summed E-state index contributed by atoms with van der Waals surface area (Å²) in [5.74, 6) is 0.605. The Morgan fingerprint density at radius 1 is 1.10 bits per heavy atom. The molecule has 2 aromatic carbocycles. The van der Waals surface area contributed by atoms with E-state index in [-0.39, 0.29) is 12.5 Å². The molecule has 0 fully saturated rings. The molecule has 4 heteroatoms. The van der Waals surface area contributed by atoms with E-state index in [0.717, 1.165) is 27.0 Å². The average Bonchev–Trinajstić information content (AvgIpc) is 2.41. The van der Waals surface area contributed by atoms with Crippen molar-refractivity contribution in [2.45, 2.75) is 13.8 Å². The maximum atomic E-state index is 11.8. The van der Waals surface area contributed by atoms with E-state index in [1.54, 1.807) is 0 Å². The predicted octanol–water partition coefficient (Wildman–Crippen LogP) is 4.08. The largest absolute Gasteiger partial charge is 0.483 e. The monoisotopic (exact) mass is 333 g/mol. The summed E-state index contributed by atoms with van der Waals surface area (Å²) >= 11 is 3.35. The summed E-state index contributed by atoms with van der Waals surface area (Å²) in [6.45, 7) is 3.94. The molecule has 0 unspecified atom stereocenters. The van der Waals surface area contributed by atoms with E-state index in [1.807, 2.05) is 56.3 Å². The van der Waals surface area contributed by atoms with E-state index in [9.17, 15) is 4.79 Å². The first-order valence-corrected chi connectivity index (χ1v) is 7.10. The van der Waals surface area contributed by atoms with E-state index in [2.05, 4.69) is 21.2 Å². The highest BCUT2D eigenvalue weighted by Crippen LogP contribution is 2.22. The number of ether oxygens (including phenoxy) is 1. The van der Waals surface area contributed by atoms with Crippen LogP contribution >= 0.6 is 15.9 Å². The van der Waals surface area contributed by atoms with E-state index in [0.29, 0.717) is 0 Å². The molecule has 0 bridgehead atoms. The minimum atomic E-state index is -0.171. The van der Waals surface area contributed by atoms with Crippen molar-refractivity contribution in [1.82, 2.24) is 0 Å². The lowest BCUT2D eigenvalue weighted by atomic mass is 10.1.